The van der Waals surface area contributed by atoms with Crippen molar-refractivity contribution in [1.29, 1.82) is 0 Å². The molecule has 0 spiro atoms. The summed E-state index contributed by atoms with van der Waals surface area (Å²) in [5.74, 6) is -0.827. The van der Waals surface area contributed by atoms with Gasteiger partial charge in [0, 0.05) is 17.6 Å². The van der Waals surface area contributed by atoms with Crippen LogP contribution < -0.4 is 5.73 Å². The van der Waals surface area contributed by atoms with E-state index in [-0.39, 0.29) is 11.3 Å². The molecule has 1 aliphatic heterocycles. The minimum Gasteiger partial charge on any atom is -0.480 e. The number of rotatable bonds is 5. The second-order valence-corrected chi connectivity index (χ2v) is 6.58. The Morgan fingerprint density at radius 1 is 1.60 bits per heavy atom. The number of carboxylic acid groups (broad SMARTS) is 1. The minimum absolute atomic E-state index is 0.0942. The molecule has 8 heteroatoms. The lowest BCUT2D eigenvalue weighted by Gasteiger charge is -2.25. The van der Waals surface area contributed by atoms with E-state index in [1.807, 2.05) is 6.92 Å². The monoisotopic (exact) mass is 315 g/mol. The number of thioether (sulfide) groups is 1. The Kier molecular flexibility index (Phi) is 5.00. The van der Waals surface area contributed by atoms with Gasteiger partial charge in [0.2, 0.25) is 0 Å². The summed E-state index contributed by atoms with van der Waals surface area (Å²) in [7, 11) is 0. The molecule has 6 nitrogen and oxygen atoms in total. The molecule has 2 atom stereocenters. The normalized spacial score (nSPS) is 22.2. The predicted octanol–water partition coefficient (Wildman–Crippen LogP) is 1.02. The van der Waals surface area contributed by atoms with Crippen LogP contribution in [0.1, 0.15) is 28.8 Å². The fraction of sp³-hybridized carbons (Fsp3) is 0.583. The lowest BCUT2D eigenvalue weighted by atomic mass is 10.2. The number of carbonyl (C=O) groups is 2. The van der Waals surface area contributed by atoms with E-state index in [0.717, 1.165) is 11.4 Å². The number of nitrogens with zero attached hydrogens (tertiary/aromatic N) is 2. The zero-order valence-corrected chi connectivity index (χ0v) is 12.7. The van der Waals surface area contributed by atoms with E-state index in [9.17, 15) is 14.7 Å². The van der Waals surface area contributed by atoms with Crippen molar-refractivity contribution in [2.45, 2.75) is 31.2 Å². The highest BCUT2D eigenvalue weighted by molar-refractivity contribution is 8.00. The summed E-state index contributed by atoms with van der Waals surface area (Å²) in [6.45, 7) is 2.43. The molecule has 0 bridgehead atoms. The van der Waals surface area contributed by atoms with Gasteiger partial charge in [-0.1, -0.05) is 6.92 Å². The van der Waals surface area contributed by atoms with Crippen LogP contribution in [0.25, 0.3) is 0 Å². The van der Waals surface area contributed by atoms with Crippen molar-refractivity contribution in [2.24, 2.45) is 5.73 Å². The van der Waals surface area contributed by atoms with Crippen LogP contribution in [0.3, 0.4) is 0 Å². The molecule has 1 aromatic heterocycles. The van der Waals surface area contributed by atoms with Crippen LogP contribution in [-0.2, 0) is 11.2 Å². The second-order valence-electron chi connectivity index (χ2n) is 4.43. The molecule has 0 saturated carbocycles. The summed E-state index contributed by atoms with van der Waals surface area (Å²) in [4.78, 5) is 29.5. The number of carbonyl (C=O) groups excluding carboxylic acids is 1. The third-order valence-corrected chi connectivity index (χ3v) is 5.45. The standard InChI is InChI=1S/C12H17N3O3S2/c1-2-10-15(8(6-20-10)12(17)18)11(16)7-5-19-9(14-7)3-4-13/h5,8,10H,2-4,6,13H2,1H3,(H,17,18). The number of hydrogen-bond donors (Lipinski definition) is 2. The maximum Gasteiger partial charge on any atom is 0.327 e. The minimum atomic E-state index is -0.959. The van der Waals surface area contributed by atoms with Gasteiger partial charge in [-0.15, -0.1) is 23.1 Å². The Labute approximate surface area is 125 Å². The van der Waals surface area contributed by atoms with E-state index in [1.54, 1.807) is 5.38 Å². The third-order valence-electron chi connectivity index (χ3n) is 3.09. The molecule has 20 heavy (non-hydrogen) atoms. The van der Waals surface area contributed by atoms with Crippen LogP contribution in [0.4, 0.5) is 0 Å². The van der Waals surface area contributed by atoms with Crippen LogP contribution in [0.2, 0.25) is 0 Å². The van der Waals surface area contributed by atoms with Gasteiger partial charge < -0.3 is 15.7 Å². The highest BCUT2D eigenvalue weighted by atomic mass is 32.2. The fourth-order valence-electron chi connectivity index (χ4n) is 2.12. The van der Waals surface area contributed by atoms with Gasteiger partial charge in [-0.2, -0.15) is 0 Å². The number of amides is 1. The zero-order valence-electron chi connectivity index (χ0n) is 11.1. The first-order valence-corrected chi connectivity index (χ1v) is 8.32. The van der Waals surface area contributed by atoms with Crippen LogP contribution >= 0.6 is 23.1 Å². The quantitative estimate of drug-likeness (QED) is 0.842. The van der Waals surface area contributed by atoms with Gasteiger partial charge in [-0.25, -0.2) is 9.78 Å². The Morgan fingerprint density at radius 2 is 2.35 bits per heavy atom. The Balaban J connectivity index is 2.21. The topological polar surface area (TPSA) is 96.5 Å². The van der Waals surface area contributed by atoms with Gasteiger partial charge in [-0.3, -0.25) is 4.79 Å². The van der Waals surface area contributed by atoms with Crippen molar-refractivity contribution < 1.29 is 14.7 Å². The first kappa shape index (κ1) is 15.3. The number of thiazole rings is 1. The molecule has 2 rings (SSSR count). The van der Waals surface area contributed by atoms with Crippen LogP contribution in [-0.4, -0.2) is 50.6 Å². The molecule has 0 radical (unpaired) electrons. The highest BCUT2D eigenvalue weighted by Crippen LogP contribution is 2.32. The lowest BCUT2D eigenvalue weighted by Crippen LogP contribution is -2.45. The predicted molar refractivity (Wildman–Crippen MR) is 79.0 cm³/mol. The van der Waals surface area contributed by atoms with Gasteiger partial charge in [0.1, 0.15) is 11.7 Å². The summed E-state index contributed by atoms with van der Waals surface area (Å²) in [6, 6.07) is -0.767. The van der Waals surface area contributed by atoms with Crippen molar-refractivity contribution >= 4 is 35.0 Å². The highest BCUT2D eigenvalue weighted by Gasteiger charge is 2.41. The fourth-order valence-corrected chi connectivity index (χ4v) is 4.25. The van der Waals surface area contributed by atoms with Gasteiger partial charge in [0.15, 0.2) is 0 Å². The second kappa shape index (κ2) is 6.55. The van der Waals surface area contributed by atoms with Crippen molar-refractivity contribution in [3.8, 4) is 0 Å². The molecule has 3 N–H and O–H groups in total. The average Bonchev–Trinajstić information content (AvgIpc) is 3.04. The number of carboxylic acids is 1. The van der Waals surface area contributed by atoms with Gasteiger partial charge in [-0.05, 0) is 13.0 Å². The van der Waals surface area contributed by atoms with Crippen molar-refractivity contribution in [3.05, 3.63) is 16.1 Å². The van der Waals surface area contributed by atoms with Crippen LogP contribution in [0.5, 0.6) is 0 Å². The summed E-state index contributed by atoms with van der Waals surface area (Å²) >= 11 is 2.89. The molecule has 110 valence electrons. The first-order chi connectivity index (χ1) is 9.58. The molecule has 1 aromatic rings. The molecule has 2 unspecified atom stereocenters. The molecule has 0 aromatic carbocycles. The summed E-state index contributed by atoms with van der Waals surface area (Å²) in [5, 5.41) is 11.6. The molecule has 0 aliphatic carbocycles. The third kappa shape index (κ3) is 2.97. The molecule has 1 amide bonds. The van der Waals surface area contributed by atoms with E-state index < -0.39 is 12.0 Å². The Morgan fingerprint density at radius 3 is 2.95 bits per heavy atom. The van der Waals surface area contributed by atoms with Crippen molar-refractivity contribution in [2.75, 3.05) is 12.3 Å². The largest absolute Gasteiger partial charge is 0.480 e. The molecule has 1 saturated heterocycles. The van der Waals surface area contributed by atoms with Gasteiger partial charge >= 0.3 is 5.97 Å². The van der Waals surface area contributed by atoms with E-state index in [4.69, 9.17) is 5.73 Å². The summed E-state index contributed by atoms with van der Waals surface area (Å²) < 4.78 is 0. The smallest absolute Gasteiger partial charge is 0.327 e. The zero-order chi connectivity index (χ0) is 14.7. The van der Waals surface area contributed by atoms with E-state index in [1.165, 1.54) is 28.0 Å². The maximum atomic E-state index is 12.5. The maximum absolute atomic E-state index is 12.5. The Hall–Kier alpha value is -1.12. The first-order valence-electron chi connectivity index (χ1n) is 6.40. The van der Waals surface area contributed by atoms with Gasteiger partial charge in [0.05, 0.1) is 10.4 Å². The molecular weight excluding hydrogens is 298 g/mol. The molecule has 1 fully saturated rings. The molecular formula is C12H17N3O3S2. The number of hydrogen-bond acceptors (Lipinski definition) is 6. The van der Waals surface area contributed by atoms with E-state index >= 15 is 0 Å². The van der Waals surface area contributed by atoms with Crippen molar-refractivity contribution in [3.63, 3.8) is 0 Å². The van der Waals surface area contributed by atoms with Gasteiger partial charge in [0.25, 0.3) is 5.91 Å². The van der Waals surface area contributed by atoms with Crippen LogP contribution in [0.15, 0.2) is 5.38 Å². The number of nitrogens with two attached hydrogens (primary N) is 1. The Bertz CT molecular complexity index is 506. The number of aliphatic carboxylic acids is 1. The molecule has 1 aliphatic rings. The SMILES string of the molecule is CCC1SCC(C(=O)O)N1C(=O)c1csc(CCN)n1. The lowest BCUT2D eigenvalue weighted by molar-refractivity contribution is -0.141. The van der Waals surface area contributed by atoms with Crippen molar-refractivity contribution in [1.82, 2.24) is 9.88 Å². The van der Waals surface area contributed by atoms with E-state index in [2.05, 4.69) is 4.98 Å². The van der Waals surface area contributed by atoms with E-state index in [0.29, 0.717) is 24.4 Å². The van der Waals surface area contributed by atoms with Crippen LogP contribution in [0, 0.1) is 0 Å². The average molecular weight is 315 g/mol. The number of aromatic nitrogens is 1. The summed E-state index contributed by atoms with van der Waals surface area (Å²) in [6.07, 6.45) is 1.35. The summed E-state index contributed by atoms with van der Waals surface area (Å²) in [5.41, 5.74) is 5.79. The molecule has 2 heterocycles.